The van der Waals surface area contributed by atoms with Crippen LogP contribution in [0.25, 0.3) is 0 Å². The van der Waals surface area contributed by atoms with E-state index in [-0.39, 0.29) is 24.3 Å². The van der Waals surface area contributed by atoms with Crippen molar-refractivity contribution in [3.05, 3.63) is 0 Å². The van der Waals surface area contributed by atoms with Gasteiger partial charge in [-0.15, -0.1) is 0 Å². The molecule has 4 heteroatoms. The first-order valence-electron chi connectivity index (χ1n) is 8.47. The average Bonchev–Trinajstić information content (AvgIpc) is 2.48. The highest BCUT2D eigenvalue weighted by atomic mass is 16.5. The average molecular weight is 300 g/mol. The van der Waals surface area contributed by atoms with Crippen molar-refractivity contribution in [3.63, 3.8) is 0 Å². The zero-order valence-corrected chi connectivity index (χ0v) is 14.0. The fraction of sp³-hybridized carbons (Fsp3) is 0.882. The highest BCUT2D eigenvalue weighted by Crippen LogP contribution is 2.13. The van der Waals surface area contributed by atoms with Crippen molar-refractivity contribution in [3.8, 4) is 0 Å². The van der Waals surface area contributed by atoms with Gasteiger partial charge in [-0.3, -0.25) is 9.59 Å². The maximum absolute atomic E-state index is 11.9. The molecule has 0 aliphatic heterocycles. The zero-order chi connectivity index (χ0) is 15.9. The molecule has 0 amide bonds. The molecule has 0 aromatic heterocycles. The third-order valence-corrected chi connectivity index (χ3v) is 3.49. The van der Waals surface area contributed by atoms with Gasteiger partial charge in [-0.25, -0.2) is 0 Å². The van der Waals surface area contributed by atoms with Crippen LogP contribution in [0.15, 0.2) is 0 Å². The molecule has 0 radical (unpaired) electrons. The topological polar surface area (TPSA) is 52.6 Å². The van der Waals surface area contributed by atoms with Gasteiger partial charge in [0.15, 0.2) is 0 Å². The van der Waals surface area contributed by atoms with Crippen molar-refractivity contribution in [1.29, 1.82) is 0 Å². The van der Waals surface area contributed by atoms with Crippen LogP contribution in [0.5, 0.6) is 0 Å². The van der Waals surface area contributed by atoms with Crippen LogP contribution in [-0.4, -0.2) is 25.2 Å². The van der Waals surface area contributed by atoms with E-state index in [9.17, 15) is 9.59 Å². The van der Waals surface area contributed by atoms with Crippen LogP contribution in [-0.2, 0) is 19.1 Å². The number of hydrogen-bond acceptors (Lipinski definition) is 4. The lowest BCUT2D eigenvalue weighted by Crippen LogP contribution is -2.22. The molecule has 0 fully saturated rings. The van der Waals surface area contributed by atoms with Crippen molar-refractivity contribution in [2.24, 2.45) is 5.92 Å². The maximum atomic E-state index is 11.9. The Morgan fingerprint density at radius 2 is 1.38 bits per heavy atom. The number of unbranched alkanes of at least 4 members (excludes halogenated alkanes) is 5. The minimum atomic E-state index is -0.366. The molecule has 1 unspecified atom stereocenters. The molecule has 0 aromatic rings. The largest absolute Gasteiger partial charge is 0.466 e. The number of ether oxygens (including phenoxy) is 2. The second-order valence-corrected chi connectivity index (χ2v) is 5.47. The number of esters is 2. The van der Waals surface area contributed by atoms with Gasteiger partial charge >= 0.3 is 11.9 Å². The summed E-state index contributed by atoms with van der Waals surface area (Å²) in [6.07, 6.45) is 8.10. The molecule has 0 aromatic carbocycles. The van der Waals surface area contributed by atoms with Gasteiger partial charge in [-0.05, 0) is 19.3 Å². The Morgan fingerprint density at radius 1 is 0.810 bits per heavy atom. The molecule has 0 spiro atoms. The summed E-state index contributed by atoms with van der Waals surface area (Å²) in [4.78, 5) is 23.6. The van der Waals surface area contributed by atoms with E-state index in [4.69, 9.17) is 9.47 Å². The van der Waals surface area contributed by atoms with Crippen LogP contribution in [0.1, 0.15) is 78.6 Å². The summed E-state index contributed by atoms with van der Waals surface area (Å²) in [5.41, 5.74) is 0. The van der Waals surface area contributed by atoms with E-state index in [2.05, 4.69) is 13.8 Å². The minimum absolute atomic E-state index is 0.135. The lowest BCUT2D eigenvalue weighted by Gasteiger charge is -2.13. The van der Waals surface area contributed by atoms with Crippen molar-refractivity contribution >= 4 is 11.9 Å². The van der Waals surface area contributed by atoms with Crippen molar-refractivity contribution in [2.45, 2.75) is 78.6 Å². The number of carbonyl (C=O) groups excluding carboxylic acids is 2. The van der Waals surface area contributed by atoms with E-state index in [1.54, 1.807) is 0 Å². The molecule has 0 rings (SSSR count). The highest BCUT2D eigenvalue weighted by molar-refractivity contribution is 5.79. The molecule has 0 bridgehead atoms. The first kappa shape index (κ1) is 19.9. The van der Waals surface area contributed by atoms with Crippen LogP contribution in [0, 0.1) is 5.92 Å². The summed E-state index contributed by atoms with van der Waals surface area (Å²) >= 11 is 0. The quantitative estimate of drug-likeness (QED) is 0.377. The summed E-state index contributed by atoms with van der Waals surface area (Å²) in [6.45, 7) is 7.06. The highest BCUT2D eigenvalue weighted by Gasteiger charge is 2.22. The second kappa shape index (κ2) is 13.9. The van der Waals surface area contributed by atoms with Gasteiger partial charge in [-0.2, -0.15) is 0 Å². The second-order valence-electron chi connectivity index (χ2n) is 5.47. The van der Waals surface area contributed by atoms with E-state index < -0.39 is 0 Å². The summed E-state index contributed by atoms with van der Waals surface area (Å²) in [5, 5.41) is 0. The fourth-order valence-corrected chi connectivity index (χ4v) is 2.01. The smallest absolute Gasteiger partial charge is 0.309 e. The molecule has 0 saturated carbocycles. The first-order valence-corrected chi connectivity index (χ1v) is 8.47. The number of rotatable bonds is 13. The number of hydrogen-bond donors (Lipinski definition) is 0. The Hall–Kier alpha value is -1.06. The Labute approximate surface area is 129 Å². The van der Waals surface area contributed by atoms with Gasteiger partial charge in [0, 0.05) is 0 Å². The van der Waals surface area contributed by atoms with Crippen LogP contribution in [0.2, 0.25) is 0 Å². The Bertz CT molecular complexity index is 276. The minimum Gasteiger partial charge on any atom is -0.466 e. The molecule has 4 nitrogen and oxygen atoms in total. The lowest BCUT2D eigenvalue weighted by molar-refractivity contribution is -0.155. The Kier molecular flexibility index (Phi) is 13.2. The van der Waals surface area contributed by atoms with Crippen molar-refractivity contribution in [2.75, 3.05) is 13.2 Å². The molecule has 124 valence electrons. The van der Waals surface area contributed by atoms with E-state index in [1.807, 2.05) is 6.92 Å². The normalized spacial score (nSPS) is 12.0. The van der Waals surface area contributed by atoms with E-state index in [1.165, 1.54) is 6.42 Å². The van der Waals surface area contributed by atoms with E-state index in [0.29, 0.717) is 19.6 Å². The zero-order valence-electron chi connectivity index (χ0n) is 14.0. The molecule has 0 saturated heterocycles. The molecular weight excluding hydrogens is 268 g/mol. The predicted octanol–water partition coefficient (Wildman–Crippen LogP) is 4.26. The third-order valence-electron chi connectivity index (χ3n) is 3.49. The number of carbonyl (C=O) groups is 2. The Balaban J connectivity index is 3.85. The summed E-state index contributed by atoms with van der Waals surface area (Å²) in [7, 11) is 0. The molecule has 0 aliphatic rings. The molecule has 0 aliphatic carbocycles. The third kappa shape index (κ3) is 11.3. The monoisotopic (exact) mass is 300 g/mol. The molecule has 1 atom stereocenters. The molecule has 21 heavy (non-hydrogen) atoms. The lowest BCUT2D eigenvalue weighted by atomic mass is 10.0. The molecule has 0 heterocycles. The first-order chi connectivity index (χ1) is 10.2. The fourth-order valence-electron chi connectivity index (χ4n) is 2.01. The van der Waals surface area contributed by atoms with Gasteiger partial charge in [0.05, 0.1) is 25.6 Å². The standard InChI is InChI=1S/C17H32O4/c1-4-7-9-11-13-21-17(19)15(6-3)14-16(18)20-12-10-8-5-2/h15H,4-14H2,1-3H3. The summed E-state index contributed by atoms with van der Waals surface area (Å²) in [5.74, 6) is -0.921. The summed E-state index contributed by atoms with van der Waals surface area (Å²) in [6, 6.07) is 0. The molecule has 0 N–H and O–H groups in total. The van der Waals surface area contributed by atoms with Gasteiger partial charge in [0.1, 0.15) is 0 Å². The van der Waals surface area contributed by atoms with Crippen molar-refractivity contribution < 1.29 is 19.1 Å². The summed E-state index contributed by atoms with van der Waals surface area (Å²) < 4.78 is 10.4. The van der Waals surface area contributed by atoms with Crippen LogP contribution in [0.4, 0.5) is 0 Å². The van der Waals surface area contributed by atoms with E-state index in [0.717, 1.165) is 38.5 Å². The van der Waals surface area contributed by atoms with Gasteiger partial charge in [0.2, 0.25) is 0 Å². The molecular formula is C17H32O4. The van der Waals surface area contributed by atoms with E-state index >= 15 is 0 Å². The van der Waals surface area contributed by atoms with Crippen molar-refractivity contribution in [1.82, 2.24) is 0 Å². The predicted molar refractivity (Wildman–Crippen MR) is 84.0 cm³/mol. The maximum Gasteiger partial charge on any atom is 0.309 e. The van der Waals surface area contributed by atoms with Gasteiger partial charge in [-0.1, -0.05) is 52.9 Å². The Morgan fingerprint density at radius 3 is 2.00 bits per heavy atom. The van der Waals surface area contributed by atoms with Crippen LogP contribution >= 0.6 is 0 Å². The van der Waals surface area contributed by atoms with Crippen LogP contribution in [0.3, 0.4) is 0 Å². The van der Waals surface area contributed by atoms with Gasteiger partial charge < -0.3 is 9.47 Å². The SMILES string of the molecule is CCCCCCOC(=O)C(CC)CC(=O)OCCCCC. The van der Waals surface area contributed by atoms with Gasteiger partial charge in [0.25, 0.3) is 0 Å². The van der Waals surface area contributed by atoms with Crippen LogP contribution < -0.4 is 0 Å².